The van der Waals surface area contributed by atoms with E-state index in [2.05, 4.69) is 52.8 Å². The molecule has 282 valence electrons. The van der Waals surface area contributed by atoms with Crippen molar-refractivity contribution in [1.29, 1.82) is 0 Å². The standard InChI is InChI=1S/C43H54ClN5O4/c1-29(28-53-39-14-20-46-38-10-4-7-30(2)40(38)39)23-32-24-31-11-12-36(52-22-6-19-45-27-35-13-21-47-49(35)3)26-37(31)42(32)15-17-43(18-16-42,41(50)51)48-34-9-5-8-33(44)25-34/h5,8-9,11-14,20-21,25-26,29-30,32,45,48H,4,6-7,10,15-19,22-24,27-28H2,1-3H3,(H,50,51)/t29-,30-,32+,42?,43?/m1/s1. The van der Waals surface area contributed by atoms with Gasteiger partial charge in [0.25, 0.3) is 0 Å². The Morgan fingerprint density at radius 2 is 1.94 bits per heavy atom. The zero-order chi connectivity index (χ0) is 37.0. The molecule has 2 heterocycles. The molecule has 1 fully saturated rings. The van der Waals surface area contributed by atoms with Crippen molar-refractivity contribution in [1.82, 2.24) is 20.1 Å². The zero-order valence-electron chi connectivity index (χ0n) is 31.4. The van der Waals surface area contributed by atoms with Crippen LogP contribution >= 0.6 is 11.6 Å². The number of anilines is 1. The van der Waals surface area contributed by atoms with Gasteiger partial charge in [-0.2, -0.15) is 5.10 Å². The lowest BCUT2D eigenvalue weighted by molar-refractivity contribution is -0.144. The fourth-order valence-electron chi connectivity index (χ4n) is 9.34. The summed E-state index contributed by atoms with van der Waals surface area (Å²) in [5.74, 6) is 2.21. The molecule has 1 spiro atoms. The first kappa shape index (κ1) is 37.2. The molecule has 3 aliphatic carbocycles. The summed E-state index contributed by atoms with van der Waals surface area (Å²) in [5, 5.41) is 22.4. The number of nitrogens with zero attached hydrogens (tertiary/aromatic N) is 3. The van der Waals surface area contributed by atoms with E-state index >= 15 is 0 Å². The zero-order valence-corrected chi connectivity index (χ0v) is 32.1. The minimum Gasteiger partial charge on any atom is -0.494 e. The minimum atomic E-state index is -1.06. The van der Waals surface area contributed by atoms with Crippen LogP contribution in [0.25, 0.3) is 0 Å². The SMILES string of the molecule is C[C@@H](COc1ccnc2c1[C@H](C)CCC2)C[C@H]1Cc2ccc(OCCCNCc3ccnn3C)cc2C12CCC(Nc1cccc(Cl)c1)(C(=O)O)CC2. The first-order valence-electron chi connectivity index (χ1n) is 19.5. The molecule has 53 heavy (non-hydrogen) atoms. The van der Waals surface area contributed by atoms with Gasteiger partial charge in [0.15, 0.2) is 0 Å². The van der Waals surface area contributed by atoms with E-state index in [1.54, 1.807) is 0 Å². The lowest BCUT2D eigenvalue weighted by Crippen LogP contribution is -2.53. The van der Waals surface area contributed by atoms with Crippen LogP contribution in [0.5, 0.6) is 11.5 Å². The average Bonchev–Trinajstić information content (AvgIpc) is 3.69. The second kappa shape index (κ2) is 16.1. The van der Waals surface area contributed by atoms with E-state index in [9.17, 15) is 9.90 Å². The summed E-state index contributed by atoms with van der Waals surface area (Å²) in [5.41, 5.74) is 5.85. The van der Waals surface area contributed by atoms with E-state index in [0.717, 1.165) is 74.5 Å². The number of hydrogen-bond acceptors (Lipinski definition) is 7. The maximum atomic E-state index is 13.0. The van der Waals surface area contributed by atoms with Crippen molar-refractivity contribution in [3.05, 3.63) is 100 Å². The van der Waals surface area contributed by atoms with Gasteiger partial charge < -0.3 is 25.2 Å². The van der Waals surface area contributed by atoms with Crippen LogP contribution in [0.4, 0.5) is 5.69 Å². The molecule has 0 radical (unpaired) electrons. The van der Waals surface area contributed by atoms with Gasteiger partial charge in [-0.3, -0.25) is 9.67 Å². The fourth-order valence-corrected chi connectivity index (χ4v) is 9.54. The van der Waals surface area contributed by atoms with E-state index < -0.39 is 11.5 Å². The number of aliphatic carboxylic acids is 1. The minimum absolute atomic E-state index is 0.146. The van der Waals surface area contributed by atoms with Gasteiger partial charge in [-0.25, -0.2) is 4.79 Å². The molecule has 4 aromatic rings. The van der Waals surface area contributed by atoms with Crippen LogP contribution in [0.15, 0.2) is 67.0 Å². The number of aromatic nitrogens is 3. The first-order chi connectivity index (χ1) is 25.7. The Hall–Kier alpha value is -4.08. The lowest BCUT2D eigenvalue weighted by Gasteiger charge is -2.47. The number of pyridine rings is 1. The Kier molecular flexibility index (Phi) is 11.3. The van der Waals surface area contributed by atoms with Gasteiger partial charge in [0.05, 0.1) is 18.9 Å². The van der Waals surface area contributed by atoms with E-state index in [1.807, 2.05) is 60.5 Å². The average molecular weight is 740 g/mol. The number of fused-ring (bicyclic) bond motifs is 3. The van der Waals surface area contributed by atoms with E-state index in [0.29, 0.717) is 48.8 Å². The molecule has 0 unspecified atom stereocenters. The molecule has 0 aliphatic heterocycles. The fraction of sp³-hybridized carbons (Fsp3) is 0.512. The molecule has 1 saturated carbocycles. The van der Waals surface area contributed by atoms with Crippen LogP contribution < -0.4 is 20.1 Å². The third-order valence-corrected chi connectivity index (χ3v) is 12.5. The van der Waals surface area contributed by atoms with E-state index in [1.165, 1.54) is 35.2 Å². The molecule has 0 saturated heterocycles. The van der Waals surface area contributed by atoms with Gasteiger partial charge in [0.2, 0.25) is 0 Å². The number of carboxylic acid groups (broad SMARTS) is 1. The predicted octanol–water partition coefficient (Wildman–Crippen LogP) is 8.49. The number of nitrogens with one attached hydrogen (secondary N) is 2. The number of carboxylic acids is 1. The van der Waals surface area contributed by atoms with Crippen molar-refractivity contribution >= 4 is 23.3 Å². The number of ether oxygens (including phenoxy) is 2. The highest BCUT2D eigenvalue weighted by molar-refractivity contribution is 6.30. The molecule has 3 aliphatic rings. The summed E-state index contributed by atoms with van der Waals surface area (Å²) < 4.78 is 14.8. The normalized spacial score (nSPS) is 24.0. The summed E-state index contributed by atoms with van der Waals surface area (Å²) in [6, 6.07) is 18.1. The number of benzene rings is 2. The summed E-state index contributed by atoms with van der Waals surface area (Å²) in [7, 11) is 1.96. The number of carbonyl (C=O) groups is 1. The molecule has 0 bridgehead atoms. The quantitative estimate of drug-likeness (QED) is 0.104. The lowest BCUT2D eigenvalue weighted by atomic mass is 9.59. The molecule has 3 atom stereocenters. The molecule has 2 aromatic carbocycles. The van der Waals surface area contributed by atoms with Crippen molar-refractivity contribution in [3.8, 4) is 11.5 Å². The van der Waals surface area contributed by atoms with Crippen molar-refractivity contribution in [3.63, 3.8) is 0 Å². The van der Waals surface area contributed by atoms with Crippen molar-refractivity contribution in [2.45, 2.75) is 101 Å². The Morgan fingerprint density at radius 1 is 1.09 bits per heavy atom. The number of hydrogen-bond donors (Lipinski definition) is 3. The van der Waals surface area contributed by atoms with Gasteiger partial charge in [-0.15, -0.1) is 0 Å². The summed E-state index contributed by atoms with van der Waals surface area (Å²) >= 11 is 6.30. The summed E-state index contributed by atoms with van der Waals surface area (Å²) in [4.78, 5) is 17.7. The third kappa shape index (κ3) is 8.07. The van der Waals surface area contributed by atoms with Gasteiger partial charge in [0.1, 0.15) is 17.0 Å². The maximum absolute atomic E-state index is 13.0. The van der Waals surface area contributed by atoms with E-state index in [4.69, 9.17) is 21.1 Å². The Labute approximate surface area is 318 Å². The molecule has 0 amide bonds. The Balaban J connectivity index is 1.06. The van der Waals surface area contributed by atoms with Crippen molar-refractivity contribution in [2.24, 2.45) is 18.9 Å². The number of aryl methyl sites for hydroxylation is 2. The number of rotatable bonds is 15. The van der Waals surface area contributed by atoms with Crippen molar-refractivity contribution in [2.75, 3.05) is 25.1 Å². The first-order valence-corrected chi connectivity index (χ1v) is 19.8. The monoisotopic (exact) mass is 739 g/mol. The Bertz CT molecular complexity index is 1890. The smallest absolute Gasteiger partial charge is 0.329 e. The van der Waals surface area contributed by atoms with Crippen LogP contribution in [-0.4, -0.2) is 51.1 Å². The maximum Gasteiger partial charge on any atom is 0.329 e. The second-order valence-electron chi connectivity index (χ2n) is 15.8. The summed E-state index contributed by atoms with van der Waals surface area (Å²) in [6.07, 6.45) is 12.5. The van der Waals surface area contributed by atoms with Crippen LogP contribution in [-0.2, 0) is 36.6 Å². The van der Waals surface area contributed by atoms with Gasteiger partial charge in [-0.1, -0.05) is 37.6 Å². The molecular formula is C43H54ClN5O4. The van der Waals surface area contributed by atoms with Gasteiger partial charge >= 0.3 is 5.97 Å². The van der Waals surface area contributed by atoms with E-state index in [-0.39, 0.29) is 5.41 Å². The van der Waals surface area contributed by atoms with Crippen LogP contribution in [0.3, 0.4) is 0 Å². The van der Waals surface area contributed by atoms with Gasteiger partial charge in [-0.05, 0) is 148 Å². The van der Waals surface area contributed by atoms with Gasteiger partial charge in [0, 0.05) is 48.0 Å². The molecule has 2 aromatic heterocycles. The van der Waals surface area contributed by atoms with Crippen LogP contribution in [0.1, 0.15) is 99.2 Å². The van der Waals surface area contributed by atoms with Crippen molar-refractivity contribution < 1.29 is 19.4 Å². The molecule has 3 N–H and O–H groups in total. The predicted molar refractivity (Wildman–Crippen MR) is 209 cm³/mol. The molecule has 9 nitrogen and oxygen atoms in total. The topological polar surface area (TPSA) is 111 Å². The Morgan fingerprint density at radius 3 is 2.72 bits per heavy atom. The second-order valence-corrected chi connectivity index (χ2v) is 16.3. The van der Waals surface area contributed by atoms with Crippen LogP contribution in [0, 0.1) is 11.8 Å². The third-order valence-electron chi connectivity index (χ3n) is 12.3. The highest BCUT2D eigenvalue weighted by Crippen LogP contribution is 2.57. The van der Waals surface area contributed by atoms with Crippen LogP contribution in [0.2, 0.25) is 5.02 Å². The number of halogens is 1. The largest absolute Gasteiger partial charge is 0.494 e. The highest BCUT2D eigenvalue weighted by Gasteiger charge is 2.54. The molecule has 7 rings (SSSR count). The molecule has 10 heteroatoms. The molecular weight excluding hydrogens is 686 g/mol. The summed E-state index contributed by atoms with van der Waals surface area (Å²) in [6.45, 7) is 7.47. The highest BCUT2D eigenvalue weighted by atomic mass is 35.5.